The molecular formula is C8H10NO3S+. The van der Waals surface area contributed by atoms with E-state index >= 15 is 0 Å². The lowest BCUT2D eigenvalue weighted by molar-refractivity contribution is -0.384. The molecule has 0 aliphatic heterocycles. The van der Waals surface area contributed by atoms with Crippen LogP contribution in [0.5, 0.6) is 0 Å². The van der Waals surface area contributed by atoms with E-state index in [1.807, 2.05) is 0 Å². The number of rotatable bonds is 2. The largest absolute Gasteiger partial charge is 0.269 e. The van der Waals surface area contributed by atoms with Crippen molar-refractivity contribution in [3.05, 3.63) is 34.4 Å². The SMILES string of the molecule is C[S+](C)(=O)c1ccc([N+](=O)[O-])cc1. The van der Waals surface area contributed by atoms with Gasteiger partial charge in [-0.2, -0.15) is 0 Å². The summed E-state index contributed by atoms with van der Waals surface area (Å²) in [6, 6.07) is 5.78. The van der Waals surface area contributed by atoms with E-state index in [-0.39, 0.29) is 5.69 Å². The van der Waals surface area contributed by atoms with Crippen molar-refractivity contribution >= 4 is 15.6 Å². The summed E-state index contributed by atoms with van der Waals surface area (Å²) in [4.78, 5) is 10.5. The Morgan fingerprint density at radius 2 is 1.69 bits per heavy atom. The molecule has 0 atom stereocenters. The molecule has 0 N–H and O–H groups in total. The average Bonchev–Trinajstić information content (AvgIpc) is 2.03. The highest BCUT2D eigenvalue weighted by Gasteiger charge is 2.18. The van der Waals surface area contributed by atoms with Gasteiger partial charge in [0.05, 0.1) is 4.92 Å². The Hall–Kier alpha value is -1.23. The van der Waals surface area contributed by atoms with Gasteiger partial charge in [-0.05, 0) is 12.1 Å². The van der Waals surface area contributed by atoms with Crippen molar-refractivity contribution in [2.45, 2.75) is 4.90 Å². The smallest absolute Gasteiger partial charge is 0.258 e. The Balaban J connectivity index is 3.08. The summed E-state index contributed by atoms with van der Waals surface area (Å²) in [5, 5.41) is 10.3. The van der Waals surface area contributed by atoms with Crippen molar-refractivity contribution in [1.82, 2.24) is 0 Å². The molecule has 0 aliphatic carbocycles. The molecule has 0 aliphatic rings. The van der Waals surface area contributed by atoms with Gasteiger partial charge >= 0.3 is 0 Å². The van der Waals surface area contributed by atoms with Crippen LogP contribution in [-0.2, 0) is 14.1 Å². The van der Waals surface area contributed by atoms with E-state index < -0.39 is 14.9 Å². The highest BCUT2D eigenvalue weighted by atomic mass is 32.2. The lowest BCUT2D eigenvalue weighted by Crippen LogP contribution is -2.04. The number of benzene rings is 1. The van der Waals surface area contributed by atoms with Crippen molar-refractivity contribution in [1.29, 1.82) is 0 Å². The number of nitrogens with zero attached hydrogens (tertiary/aromatic N) is 1. The van der Waals surface area contributed by atoms with Gasteiger partial charge in [-0.15, -0.1) is 4.21 Å². The molecule has 0 bridgehead atoms. The van der Waals surface area contributed by atoms with Crippen molar-refractivity contribution in [3.63, 3.8) is 0 Å². The van der Waals surface area contributed by atoms with E-state index in [0.29, 0.717) is 4.90 Å². The standard InChI is InChI=1S/C8H10NO3S/c1-13(2,12)8-5-3-7(4-6-8)9(10)11/h3-6H,1-2H3/q+1. The van der Waals surface area contributed by atoms with Gasteiger partial charge in [0.1, 0.15) is 22.4 Å². The number of non-ortho nitro benzene ring substituents is 1. The van der Waals surface area contributed by atoms with Gasteiger partial charge in [0.2, 0.25) is 0 Å². The molecule has 0 radical (unpaired) electrons. The third-order valence-electron chi connectivity index (χ3n) is 1.62. The number of nitro benzene ring substituents is 1. The molecule has 1 rings (SSSR count). The second kappa shape index (κ2) is 3.26. The van der Waals surface area contributed by atoms with E-state index in [1.54, 1.807) is 12.5 Å². The molecule has 0 fully saturated rings. The van der Waals surface area contributed by atoms with E-state index in [1.165, 1.54) is 24.3 Å². The predicted octanol–water partition coefficient (Wildman–Crippen LogP) is 1.71. The van der Waals surface area contributed by atoms with E-state index in [0.717, 1.165) is 0 Å². The minimum Gasteiger partial charge on any atom is -0.258 e. The maximum absolute atomic E-state index is 11.5. The molecule has 0 saturated carbocycles. The monoisotopic (exact) mass is 200 g/mol. The zero-order valence-corrected chi connectivity index (χ0v) is 8.21. The molecule has 0 spiro atoms. The molecule has 0 aromatic heterocycles. The van der Waals surface area contributed by atoms with Gasteiger partial charge in [0.15, 0.2) is 4.90 Å². The van der Waals surface area contributed by atoms with Crippen LogP contribution in [0.2, 0.25) is 0 Å². The molecule has 0 amide bonds. The van der Waals surface area contributed by atoms with Crippen LogP contribution in [0.1, 0.15) is 0 Å². The molecule has 0 saturated heterocycles. The number of hydrogen-bond acceptors (Lipinski definition) is 3. The fourth-order valence-corrected chi connectivity index (χ4v) is 1.69. The van der Waals surface area contributed by atoms with E-state index in [9.17, 15) is 14.3 Å². The molecule has 5 heteroatoms. The summed E-state index contributed by atoms with van der Waals surface area (Å²) in [5.74, 6) is 0. The van der Waals surface area contributed by atoms with Crippen LogP contribution < -0.4 is 0 Å². The third-order valence-corrected chi connectivity index (χ3v) is 3.02. The minimum absolute atomic E-state index is 0.0207. The molecule has 0 unspecified atom stereocenters. The highest BCUT2D eigenvalue weighted by Crippen LogP contribution is 2.18. The molecule has 0 heterocycles. The van der Waals surface area contributed by atoms with Crippen molar-refractivity contribution in [2.24, 2.45) is 0 Å². The Kier molecular flexibility index (Phi) is 2.47. The molecule has 1 aromatic rings. The van der Waals surface area contributed by atoms with E-state index in [2.05, 4.69) is 0 Å². The Bertz CT molecular complexity index is 365. The second-order valence-electron chi connectivity index (χ2n) is 2.98. The summed E-state index contributed by atoms with van der Waals surface area (Å²) in [5.41, 5.74) is 0.0207. The third kappa shape index (κ3) is 2.35. The zero-order valence-electron chi connectivity index (χ0n) is 7.39. The summed E-state index contributed by atoms with van der Waals surface area (Å²) in [7, 11) is -2.02. The lowest BCUT2D eigenvalue weighted by atomic mass is 10.3. The fourth-order valence-electron chi connectivity index (χ4n) is 0.896. The zero-order chi connectivity index (χ0) is 10.1. The van der Waals surface area contributed by atoms with Crippen LogP contribution >= 0.6 is 0 Å². The maximum atomic E-state index is 11.5. The molecule has 4 nitrogen and oxygen atoms in total. The van der Waals surface area contributed by atoms with Crippen molar-refractivity contribution < 1.29 is 9.13 Å². The average molecular weight is 200 g/mol. The fraction of sp³-hybridized carbons (Fsp3) is 0.250. The van der Waals surface area contributed by atoms with Gasteiger partial charge in [-0.1, -0.05) is 0 Å². The van der Waals surface area contributed by atoms with Gasteiger partial charge in [-0.25, -0.2) is 0 Å². The number of nitro groups is 1. The lowest BCUT2D eigenvalue weighted by Gasteiger charge is -1.98. The molecular weight excluding hydrogens is 190 g/mol. The van der Waals surface area contributed by atoms with Gasteiger partial charge < -0.3 is 0 Å². The Labute approximate surface area is 77.2 Å². The quantitative estimate of drug-likeness (QED) is 0.415. The summed E-state index contributed by atoms with van der Waals surface area (Å²) in [6.07, 6.45) is 3.21. The highest BCUT2D eigenvalue weighted by molar-refractivity contribution is 8.01. The van der Waals surface area contributed by atoms with Crippen molar-refractivity contribution in [2.75, 3.05) is 12.5 Å². The normalized spacial score (nSPS) is 11.2. The first-order valence-electron chi connectivity index (χ1n) is 3.60. The maximum Gasteiger partial charge on any atom is 0.269 e. The van der Waals surface area contributed by atoms with Crippen LogP contribution in [0.15, 0.2) is 29.2 Å². The van der Waals surface area contributed by atoms with Gasteiger partial charge in [-0.3, -0.25) is 10.1 Å². The first-order chi connectivity index (χ1) is 5.91. The predicted molar refractivity (Wildman–Crippen MR) is 51.3 cm³/mol. The summed E-state index contributed by atoms with van der Waals surface area (Å²) >= 11 is 0. The van der Waals surface area contributed by atoms with E-state index in [4.69, 9.17) is 0 Å². The summed E-state index contributed by atoms with van der Waals surface area (Å²) < 4.78 is 11.5. The van der Waals surface area contributed by atoms with Crippen LogP contribution in [0, 0.1) is 10.1 Å². The Morgan fingerprint density at radius 3 is 2.00 bits per heavy atom. The first-order valence-corrected chi connectivity index (χ1v) is 5.97. The van der Waals surface area contributed by atoms with Crippen LogP contribution in [0.4, 0.5) is 5.69 Å². The summed E-state index contributed by atoms with van der Waals surface area (Å²) in [6.45, 7) is 0. The van der Waals surface area contributed by atoms with Crippen LogP contribution in [0.3, 0.4) is 0 Å². The van der Waals surface area contributed by atoms with Gasteiger partial charge in [0, 0.05) is 12.1 Å². The molecule has 13 heavy (non-hydrogen) atoms. The van der Waals surface area contributed by atoms with Crippen molar-refractivity contribution in [3.8, 4) is 0 Å². The number of hydrogen-bond donors (Lipinski definition) is 0. The van der Waals surface area contributed by atoms with Gasteiger partial charge in [0.25, 0.3) is 5.69 Å². The molecule has 1 aromatic carbocycles. The van der Waals surface area contributed by atoms with Crippen LogP contribution in [-0.4, -0.2) is 17.4 Å². The second-order valence-corrected chi connectivity index (χ2v) is 5.92. The molecule has 70 valence electrons. The first kappa shape index (κ1) is 9.85. The Morgan fingerprint density at radius 1 is 1.23 bits per heavy atom. The minimum atomic E-state index is -2.02. The van der Waals surface area contributed by atoms with Crippen LogP contribution in [0.25, 0.3) is 0 Å². The topological polar surface area (TPSA) is 60.2 Å².